The summed E-state index contributed by atoms with van der Waals surface area (Å²) in [6, 6.07) is -0.888. The predicted molar refractivity (Wildman–Crippen MR) is 275 cm³/mol. The Labute approximate surface area is 402 Å². The van der Waals surface area contributed by atoms with E-state index in [-0.39, 0.29) is 31.5 Å². The van der Waals surface area contributed by atoms with E-state index in [1.54, 1.807) is 0 Å². The molecule has 0 aliphatic carbocycles. The molecule has 0 aromatic carbocycles. The molecule has 0 bridgehead atoms. The molecule has 382 valence electrons. The molecule has 0 rings (SSSR count). The Morgan fingerprint density at radius 3 is 1.38 bits per heavy atom. The molecule has 65 heavy (non-hydrogen) atoms. The van der Waals surface area contributed by atoms with Crippen molar-refractivity contribution in [3.63, 3.8) is 0 Å². The van der Waals surface area contributed by atoms with Crippen LogP contribution in [0, 0.1) is 0 Å². The number of phosphoric acid groups is 1. The normalized spacial score (nSPS) is 14.1. The lowest BCUT2D eigenvalue weighted by molar-refractivity contribution is -0.870. The van der Waals surface area contributed by atoms with Gasteiger partial charge in [-0.2, -0.15) is 0 Å². The van der Waals surface area contributed by atoms with Gasteiger partial charge in [0.05, 0.1) is 33.8 Å². The predicted octanol–water partition coefficient (Wildman–Crippen LogP) is 15.4. The molecule has 9 nitrogen and oxygen atoms in total. The zero-order chi connectivity index (χ0) is 48.0. The Bertz CT molecular complexity index is 1220. The van der Waals surface area contributed by atoms with Crippen LogP contribution in [0.2, 0.25) is 0 Å². The summed E-state index contributed by atoms with van der Waals surface area (Å²) in [5.41, 5.74) is 0. The van der Waals surface area contributed by atoms with Crippen molar-refractivity contribution in [1.82, 2.24) is 5.32 Å². The highest BCUT2D eigenvalue weighted by atomic mass is 31.2. The van der Waals surface area contributed by atoms with Crippen molar-refractivity contribution in [3.8, 4) is 0 Å². The molecule has 1 N–H and O–H groups in total. The van der Waals surface area contributed by atoms with Gasteiger partial charge in [0.2, 0.25) is 5.91 Å². The van der Waals surface area contributed by atoms with Crippen molar-refractivity contribution in [2.45, 2.75) is 264 Å². The minimum Gasteiger partial charge on any atom is -0.756 e. The first-order valence-electron chi connectivity index (χ1n) is 27.3. The molecule has 0 aliphatic heterocycles. The molecule has 0 saturated heterocycles. The van der Waals surface area contributed by atoms with Crippen LogP contribution in [-0.4, -0.2) is 69.4 Å². The highest BCUT2D eigenvalue weighted by Crippen LogP contribution is 2.38. The molecule has 0 saturated carbocycles. The Hall–Kier alpha value is -1.77. The Morgan fingerprint density at radius 1 is 0.538 bits per heavy atom. The molecule has 0 spiro atoms. The number of quaternary nitrogens is 1. The average molecular weight is 937 g/mol. The van der Waals surface area contributed by atoms with Gasteiger partial charge in [-0.05, 0) is 57.4 Å². The number of nitrogens with zero attached hydrogens (tertiary/aromatic N) is 1. The second kappa shape index (κ2) is 46.0. The lowest BCUT2D eigenvalue weighted by atomic mass is 10.0. The van der Waals surface area contributed by atoms with Crippen LogP contribution < -0.4 is 10.2 Å². The van der Waals surface area contributed by atoms with Crippen LogP contribution in [0.5, 0.6) is 0 Å². The van der Waals surface area contributed by atoms with Gasteiger partial charge >= 0.3 is 5.97 Å². The number of hydrogen-bond acceptors (Lipinski definition) is 7. The van der Waals surface area contributed by atoms with Crippen molar-refractivity contribution in [2.24, 2.45) is 0 Å². The fourth-order valence-corrected chi connectivity index (χ4v) is 8.53. The highest BCUT2D eigenvalue weighted by molar-refractivity contribution is 7.45. The van der Waals surface area contributed by atoms with Crippen molar-refractivity contribution < 1.29 is 37.3 Å². The van der Waals surface area contributed by atoms with E-state index < -0.39 is 20.0 Å². The van der Waals surface area contributed by atoms with E-state index in [0.29, 0.717) is 17.4 Å². The lowest BCUT2D eigenvalue weighted by Gasteiger charge is -2.30. The molecule has 0 radical (unpaired) electrons. The van der Waals surface area contributed by atoms with E-state index in [1.807, 2.05) is 33.3 Å². The van der Waals surface area contributed by atoms with E-state index in [1.165, 1.54) is 135 Å². The van der Waals surface area contributed by atoms with Crippen LogP contribution >= 0.6 is 7.82 Å². The number of amides is 1. The van der Waals surface area contributed by atoms with Crippen LogP contribution in [0.1, 0.15) is 252 Å². The number of hydrogen-bond donors (Lipinski definition) is 1. The number of ether oxygens (including phenoxy) is 1. The number of esters is 1. The van der Waals surface area contributed by atoms with Gasteiger partial charge in [-0.25, -0.2) is 0 Å². The van der Waals surface area contributed by atoms with Crippen LogP contribution in [0.4, 0.5) is 0 Å². The number of rotatable bonds is 49. The number of unbranched alkanes of at least 4 members (excludes halogenated alkanes) is 30. The van der Waals surface area contributed by atoms with Crippen LogP contribution in [0.25, 0.3) is 0 Å². The first-order valence-corrected chi connectivity index (χ1v) is 28.8. The minimum atomic E-state index is -4.69. The highest BCUT2D eigenvalue weighted by Gasteiger charge is 2.27. The van der Waals surface area contributed by atoms with Crippen molar-refractivity contribution in [1.29, 1.82) is 0 Å². The second-order valence-electron chi connectivity index (χ2n) is 19.8. The zero-order valence-electron chi connectivity index (χ0n) is 43.4. The van der Waals surface area contributed by atoms with E-state index in [9.17, 15) is 19.0 Å². The largest absolute Gasteiger partial charge is 0.756 e. The summed E-state index contributed by atoms with van der Waals surface area (Å²) in [6.07, 6.45) is 52.4. The Kier molecular flexibility index (Phi) is 44.7. The van der Waals surface area contributed by atoms with Gasteiger partial charge in [0.15, 0.2) is 0 Å². The van der Waals surface area contributed by atoms with Crippen molar-refractivity contribution >= 4 is 19.7 Å². The minimum absolute atomic E-state index is 0.0231. The molecule has 10 heteroatoms. The molecule has 3 unspecified atom stereocenters. The standard InChI is InChI=1S/C55H105N2O7P/c1-7-10-13-16-19-22-25-27-28-30-32-35-38-41-44-47-54(58)56-52(51-63-65(60,61)62-50-49-57(4,5)6)53(46-43-40-37-34-31-24-21-18-15-12-9-3)64-55(59)48-45-42-39-36-33-29-26-23-20-17-14-11-8-2/h19,22,25,27,43,46,52-53H,7-18,20-21,23-24,26,28-42,44-45,47-51H2,1-6H3,(H-,56,58,60,61)/b22-19+,27-25+,46-43+. The van der Waals surface area contributed by atoms with Gasteiger partial charge < -0.3 is 28.5 Å². The van der Waals surface area contributed by atoms with Gasteiger partial charge in [0.25, 0.3) is 7.82 Å². The summed E-state index contributed by atoms with van der Waals surface area (Å²) in [6.45, 7) is 6.80. The molecule has 0 aromatic rings. The number of allylic oxidation sites excluding steroid dienone is 5. The summed E-state index contributed by atoms with van der Waals surface area (Å²) in [5, 5.41) is 3.01. The van der Waals surface area contributed by atoms with Crippen LogP contribution in [-0.2, 0) is 27.9 Å². The fourth-order valence-electron chi connectivity index (χ4n) is 7.81. The molecule has 0 heterocycles. The van der Waals surface area contributed by atoms with E-state index in [2.05, 4.69) is 50.4 Å². The first kappa shape index (κ1) is 63.2. The zero-order valence-corrected chi connectivity index (χ0v) is 44.3. The van der Waals surface area contributed by atoms with Gasteiger partial charge in [0.1, 0.15) is 19.3 Å². The Balaban J connectivity index is 5.38. The summed E-state index contributed by atoms with van der Waals surface area (Å²) in [4.78, 5) is 39.7. The second-order valence-corrected chi connectivity index (χ2v) is 21.2. The monoisotopic (exact) mass is 937 g/mol. The van der Waals surface area contributed by atoms with Gasteiger partial charge in [0, 0.05) is 12.8 Å². The number of carbonyl (C=O) groups excluding carboxylic acids is 2. The fraction of sp³-hybridized carbons (Fsp3) is 0.855. The summed E-state index contributed by atoms with van der Waals surface area (Å²) >= 11 is 0. The Morgan fingerprint density at radius 2 is 0.923 bits per heavy atom. The lowest BCUT2D eigenvalue weighted by Crippen LogP contribution is -2.47. The van der Waals surface area contributed by atoms with Crippen LogP contribution in [0.3, 0.4) is 0 Å². The third kappa shape index (κ3) is 47.1. The SMILES string of the molecule is CCCCC/C=C/C=C/CCCCCCCCC(=O)NC(COP(=O)([O-])OCC[N+](C)(C)C)C(/C=C/CCCCCCCCCCC)OC(=O)CCCCCCCCCCCCCCC. The van der Waals surface area contributed by atoms with E-state index in [4.69, 9.17) is 13.8 Å². The third-order valence-electron chi connectivity index (χ3n) is 12.1. The molecule has 0 fully saturated rings. The maximum Gasteiger partial charge on any atom is 0.306 e. The first-order chi connectivity index (χ1) is 31.4. The molecule has 0 aromatic heterocycles. The average Bonchev–Trinajstić information content (AvgIpc) is 3.26. The van der Waals surface area contributed by atoms with E-state index >= 15 is 0 Å². The molecular formula is C55H105N2O7P. The topological polar surface area (TPSA) is 114 Å². The van der Waals surface area contributed by atoms with Crippen LogP contribution in [0.15, 0.2) is 36.5 Å². The number of carbonyl (C=O) groups is 2. The molecule has 3 atom stereocenters. The van der Waals surface area contributed by atoms with E-state index in [0.717, 1.165) is 83.5 Å². The number of nitrogens with one attached hydrogen (secondary N) is 1. The van der Waals surface area contributed by atoms with Crippen molar-refractivity contribution in [2.75, 3.05) is 40.9 Å². The number of phosphoric ester groups is 1. The summed E-state index contributed by atoms with van der Waals surface area (Å²) in [7, 11) is 1.18. The molecule has 0 aliphatic rings. The summed E-state index contributed by atoms with van der Waals surface area (Å²) in [5.74, 6) is -0.549. The number of likely N-dealkylation sites (N-methyl/N-ethyl adjacent to an activating group) is 1. The quantitative estimate of drug-likeness (QED) is 0.0161. The summed E-state index contributed by atoms with van der Waals surface area (Å²) < 4.78 is 30.1. The van der Waals surface area contributed by atoms with Gasteiger partial charge in [-0.1, -0.05) is 218 Å². The molecular weight excluding hydrogens is 832 g/mol. The van der Waals surface area contributed by atoms with Gasteiger partial charge in [-0.3, -0.25) is 14.2 Å². The molecule has 1 amide bonds. The smallest absolute Gasteiger partial charge is 0.306 e. The third-order valence-corrected chi connectivity index (χ3v) is 13.1. The maximum absolute atomic E-state index is 13.4. The van der Waals surface area contributed by atoms with Crippen molar-refractivity contribution in [3.05, 3.63) is 36.5 Å². The maximum atomic E-state index is 13.4. The van der Waals surface area contributed by atoms with Gasteiger partial charge in [-0.15, -0.1) is 0 Å².